The molecule has 0 aliphatic carbocycles. The van der Waals surface area contributed by atoms with Crippen LogP contribution >= 0.6 is 0 Å². The SMILES string of the molecule is COCCN(CCCN)c1cnccn1. The Morgan fingerprint density at radius 2 is 2.27 bits per heavy atom. The van der Waals surface area contributed by atoms with E-state index < -0.39 is 0 Å². The summed E-state index contributed by atoms with van der Waals surface area (Å²) in [5.41, 5.74) is 5.49. The van der Waals surface area contributed by atoms with Crippen LogP contribution in [0.4, 0.5) is 5.82 Å². The minimum atomic E-state index is 0.682. The minimum Gasteiger partial charge on any atom is -0.383 e. The summed E-state index contributed by atoms with van der Waals surface area (Å²) in [5, 5.41) is 0. The van der Waals surface area contributed by atoms with Crippen molar-refractivity contribution in [2.75, 3.05) is 38.3 Å². The lowest BCUT2D eigenvalue weighted by Gasteiger charge is -2.22. The molecule has 1 rings (SSSR count). The van der Waals surface area contributed by atoms with E-state index in [2.05, 4.69) is 14.9 Å². The van der Waals surface area contributed by atoms with Crippen LogP contribution in [0, 0.1) is 0 Å². The van der Waals surface area contributed by atoms with Gasteiger partial charge < -0.3 is 15.4 Å². The van der Waals surface area contributed by atoms with Crippen LogP contribution < -0.4 is 10.6 Å². The van der Waals surface area contributed by atoms with Crippen molar-refractivity contribution in [2.24, 2.45) is 5.73 Å². The molecule has 0 amide bonds. The molecule has 0 saturated heterocycles. The molecule has 0 aliphatic rings. The highest BCUT2D eigenvalue weighted by Crippen LogP contribution is 2.07. The van der Waals surface area contributed by atoms with Crippen molar-refractivity contribution in [2.45, 2.75) is 6.42 Å². The molecule has 1 aromatic heterocycles. The number of nitrogens with zero attached hydrogens (tertiary/aromatic N) is 3. The Morgan fingerprint density at radius 3 is 2.87 bits per heavy atom. The van der Waals surface area contributed by atoms with Gasteiger partial charge in [0.1, 0.15) is 5.82 Å². The van der Waals surface area contributed by atoms with Crippen LogP contribution in [0.1, 0.15) is 6.42 Å². The third-order valence-electron chi connectivity index (χ3n) is 2.07. The zero-order valence-electron chi connectivity index (χ0n) is 9.09. The van der Waals surface area contributed by atoms with E-state index in [9.17, 15) is 0 Å². The molecule has 0 saturated carbocycles. The van der Waals surface area contributed by atoms with Gasteiger partial charge in [-0.25, -0.2) is 4.98 Å². The summed E-state index contributed by atoms with van der Waals surface area (Å²) in [7, 11) is 1.69. The van der Waals surface area contributed by atoms with E-state index in [0.29, 0.717) is 13.2 Å². The second-order valence-electron chi connectivity index (χ2n) is 3.19. The third-order valence-corrected chi connectivity index (χ3v) is 2.07. The molecule has 1 aromatic rings. The van der Waals surface area contributed by atoms with Gasteiger partial charge in [0.25, 0.3) is 0 Å². The van der Waals surface area contributed by atoms with Gasteiger partial charge in [0, 0.05) is 32.6 Å². The highest BCUT2D eigenvalue weighted by atomic mass is 16.5. The Labute approximate surface area is 90.3 Å². The molecule has 15 heavy (non-hydrogen) atoms. The molecular formula is C10H18N4O. The van der Waals surface area contributed by atoms with E-state index in [1.165, 1.54) is 0 Å². The molecule has 1 heterocycles. The summed E-state index contributed by atoms with van der Waals surface area (Å²) in [5.74, 6) is 0.878. The van der Waals surface area contributed by atoms with Gasteiger partial charge in [-0.15, -0.1) is 0 Å². The predicted octanol–water partition coefficient (Wildman–Crippen LogP) is 0.278. The Balaban J connectivity index is 2.55. The second kappa shape index (κ2) is 7.14. The fraction of sp³-hybridized carbons (Fsp3) is 0.600. The van der Waals surface area contributed by atoms with Crippen LogP contribution in [0.25, 0.3) is 0 Å². The summed E-state index contributed by atoms with van der Waals surface area (Å²) in [6.07, 6.45) is 6.06. The normalized spacial score (nSPS) is 10.3. The van der Waals surface area contributed by atoms with Crippen molar-refractivity contribution in [3.8, 4) is 0 Å². The lowest BCUT2D eigenvalue weighted by Crippen LogP contribution is -2.30. The molecule has 0 fully saturated rings. The number of hydrogen-bond acceptors (Lipinski definition) is 5. The number of anilines is 1. The summed E-state index contributed by atoms with van der Waals surface area (Å²) in [4.78, 5) is 10.4. The van der Waals surface area contributed by atoms with Crippen molar-refractivity contribution >= 4 is 5.82 Å². The van der Waals surface area contributed by atoms with E-state index in [1.54, 1.807) is 25.7 Å². The average molecular weight is 210 g/mol. The fourth-order valence-corrected chi connectivity index (χ4v) is 1.28. The molecule has 0 aromatic carbocycles. The maximum Gasteiger partial charge on any atom is 0.147 e. The Morgan fingerprint density at radius 1 is 1.40 bits per heavy atom. The first-order valence-corrected chi connectivity index (χ1v) is 5.08. The zero-order chi connectivity index (χ0) is 10.9. The largest absolute Gasteiger partial charge is 0.383 e. The Bertz CT molecular complexity index is 247. The average Bonchev–Trinajstić information content (AvgIpc) is 2.30. The number of rotatable bonds is 7. The van der Waals surface area contributed by atoms with Gasteiger partial charge in [-0.2, -0.15) is 0 Å². The minimum absolute atomic E-state index is 0.682. The first-order valence-electron chi connectivity index (χ1n) is 5.08. The Hall–Kier alpha value is -1.20. The van der Waals surface area contributed by atoms with Gasteiger partial charge in [-0.05, 0) is 13.0 Å². The van der Waals surface area contributed by atoms with Gasteiger partial charge >= 0.3 is 0 Å². The van der Waals surface area contributed by atoms with E-state index in [4.69, 9.17) is 10.5 Å². The van der Waals surface area contributed by atoms with Gasteiger partial charge in [0.2, 0.25) is 0 Å². The van der Waals surface area contributed by atoms with E-state index in [0.717, 1.165) is 25.3 Å². The van der Waals surface area contributed by atoms with Crippen molar-refractivity contribution in [1.82, 2.24) is 9.97 Å². The first kappa shape index (κ1) is 11.9. The number of aromatic nitrogens is 2. The predicted molar refractivity (Wildman–Crippen MR) is 59.8 cm³/mol. The fourth-order valence-electron chi connectivity index (χ4n) is 1.28. The summed E-state index contributed by atoms with van der Waals surface area (Å²) < 4.78 is 5.05. The highest BCUT2D eigenvalue weighted by molar-refractivity contribution is 5.34. The lowest BCUT2D eigenvalue weighted by molar-refractivity contribution is 0.205. The van der Waals surface area contributed by atoms with Crippen molar-refractivity contribution in [3.05, 3.63) is 18.6 Å². The van der Waals surface area contributed by atoms with Crippen LogP contribution in [0.3, 0.4) is 0 Å². The van der Waals surface area contributed by atoms with E-state index in [1.807, 2.05) is 0 Å². The third kappa shape index (κ3) is 4.22. The quantitative estimate of drug-likeness (QED) is 0.700. The van der Waals surface area contributed by atoms with E-state index >= 15 is 0 Å². The lowest BCUT2D eigenvalue weighted by atomic mass is 10.3. The number of methoxy groups -OCH3 is 1. The van der Waals surface area contributed by atoms with Crippen LogP contribution in [0.15, 0.2) is 18.6 Å². The number of ether oxygens (including phenoxy) is 1. The van der Waals surface area contributed by atoms with Gasteiger partial charge in [0.15, 0.2) is 0 Å². The molecule has 84 valence electrons. The van der Waals surface area contributed by atoms with Crippen molar-refractivity contribution in [1.29, 1.82) is 0 Å². The molecule has 5 heteroatoms. The van der Waals surface area contributed by atoms with E-state index in [-0.39, 0.29) is 0 Å². The maximum atomic E-state index is 5.49. The van der Waals surface area contributed by atoms with Gasteiger partial charge in [0.05, 0.1) is 12.8 Å². The molecule has 0 atom stereocenters. The molecule has 5 nitrogen and oxygen atoms in total. The monoisotopic (exact) mass is 210 g/mol. The van der Waals surface area contributed by atoms with Crippen LogP contribution in [0.2, 0.25) is 0 Å². The molecule has 0 bridgehead atoms. The number of nitrogens with two attached hydrogens (primary N) is 1. The first-order chi connectivity index (χ1) is 7.38. The standard InChI is InChI=1S/C10H18N4O/c1-15-8-7-14(6-2-3-11)10-9-12-4-5-13-10/h4-5,9H,2-3,6-8,11H2,1H3. The zero-order valence-corrected chi connectivity index (χ0v) is 9.09. The van der Waals surface area contributed by atoms with Gasteiger partial charge in [-0.1, -0.05) is 0 Å². The summed E-state index contributed by atoms with van der Waals surface area (Å²) >= 11 is 0. The number of hydrogen-bond donors (Lipinski definition) is 1. The Kier molecular flexibility index (Phi) is 5.65. The van der Waals surface area contributed by atoms with Crippen LogP contribution in [-0.2, 0) is 4.74 Å². The smallest absolute Gasteiger partial charge is 0.147 e. The highest BCUT2D eigenvalue weighted by Gasteiger charge is 2.06. The topological polar surface area (TPSA) is 64.3 Å². The second-order valence-corrected chi connectivity index (χ2v) is 3.19. The molecule has 0 unspecified atom stereocenters. The molecule has 0 spiro atoms. The molecule has 2 N–H and O–H groups in total. The van der Waals surface area contributed by atoms with Crippen LogP contribution in [0.5, 0.6) is 0 Å². The van der Waals surface area contributed by atoms with Crippen molar-refractivity contribution < 1.29 is 4.74 Å². The molecule has 0 radical (unpaired) electrons. The van der Waals surface area contributed by atoms with Gasteiger partial charge in [-0.3, -0.25) is 4.98 Å². The maximum absolute atomic E-state index is 5.49. The summed E-state index contributed by atoms with van der Waals surface area (Å²) in [6, 6.07) is 0. The van der Waals surface area contributed by atoms with Crippen molar-refractivity contribution in [3.63, 3.8) is 0 Å². The van der Waals surface area contributed by atoms with Crippen LogP contribution in [-0.4, -0.2) is 43.3 Å². The molecular weight excluding hydrogens is 192 g/mol. The molecule has 0 aliphatic heterocycles. The summed E-state index contributed by atoms with van der Waals surface area (Å²) in [6.45, 7) is 3.07.